The first-order valence-electron chi connectivity index (χ1n) is 5.91. The molecule has 0 saturated heterocycles. The second kappa shape index (κ2) is 5.15. The smallest absolute Gasteiger partial charge is 0.460 e. The number of benzene rings is 1. The standard InChI is InChI=1S/C13H12F3NO3/c1-7(18)20-10-6-8-4-2-3-5-9(8)11(10)17-12(19)13(14,15)16/h2-5,10-11H,6H2,1H3,(H,17,19). The Hall–Kier alpha value is -2.05. The van der Waals surface area contributed by atoms with Crippen molar-refractivity contribution >= 4 is 11.9 Å². The number of ether oxygens (including phenoxy) is 1. The van der Waals surface area contributed by atoms with Crippen LogP contribution in [0.2, 0.25) is 0 Å². The summed E-state index contributed by atoms with van der Waals surface area (Å²) in [6, 6.07) is 5.75. The quantitative estimate of drug-likeness (QED) is 0.845. The Kier molecular flexibility index (Phi) is 3.69. The lowest BCUT2D eigenvalue weighted by Crippen LogP contribution is -2.42. The molecule has 0 spiro atoms. The van der Waals surface area contributed by atoms with Gasteiger partial charge in [-0.05, 0) is 11.1 Å². The van der Waals surface area contributed by atoms with Crippen molar-refractivity contribution < 1.29 is 27.5 Å². The van der Waals surface area contributed by atoms with E-state index >= 15 is 0 Å². The Morgan fingerprint density at radius 3 is 2.55 bits per heavy atom. The highest BCUT2D eigenvalue weighted by Gasteiger charge is 2.43. The summed E-state index contributed by atoms with van der Waals surface area (Å²) in [5, 5.41) is 1.89. The van der Waals surface area contributed by atoms with Crippen molar-refractivity contribution in [2.75, 3.05) is 0 Å². The van der Waals surface area contributed by atoms with Gasteiger partial charge in [0.15, 0.2) is 0 Å². The zero-order valence-electron chi connectivity index (χ0n) is 10.5. The van der Waals surface area contributed by atoms with Gasteiger partial charge in [-0.3, -0.25) is 9.59 Å². The second-order valence-electron chi connectivity index (χ2n) is 4.50. The maximum absolute atomic E-state index is 12.3. The topological polar surface area (TPSA) is 55.4 Å². The summed E-state index contributed by atoms with van der Waals surface area (Å²) in [6.45, 7) is 1.17. The number of nitrogens with one attached hydrogen (secondary N) is 1. The first-order chi connectivity index (χ1) is 9.29. The van der Waals surface area contributed by atoms with Gasteiger partial charge in [-0.25, -0.2) is 0 Å². The van der Waals surface area contributed by atoms with Gasteiger partial charge < -0.3 is 10.1 Å². The SMILES string of the molecule is CC(=O)OC1Cc2ccccc2C1NC(=O)C(F)(F)F. The van der Waals surface area contributed by atoms with Crippen LogP contribution in [0.4, 0.5) is 13.2 Å². The third-order valence-electron chi connectivity index (χ3n) is 3.04. The minimum Gasteiger partial charge on any atom is -0.460 e. The van der Waals surface area contributed by atoms with E-state index in [9.17, 15) is 22.8 Å². The molecule has 0 aromatic heterocycles. The molecule has 1 aliphatic carbocycles. The van der Waals surface area contributed by atoms with Gasteiger partial charge in [0, 0.05) is 13.3 Å². The van der Waals surface area contributed by atoms with Crippen LogP contribution in [0.15, 0.2) is 24.3 Å². The lowest BCUT2D eigenvalue weighted by atomic mass is 10.1. The molecule has 20 heavy (non-hydrogen) atoms. The van der Waals surface area contributed by atoms with E-state index in [1.807, 2.05) is 5.32 Å². The summed E-state index contributed by atoms with van der Waals surface area (Å²) in [5.41, 5.74) is 1.29. The lowest BCUT2D eigenvalue weighted by molar-refractivity contribution is -0.175. The second-order valence-corrected chi connectivity index (χ2v) is 4.50. The molecule has 7 heteroatoms. The molecule has 1 N–H and O–H groups in total. The van der Waals surface area contributed by atoms with E-state index < -0.39 is 30.2 Å². The van der Waals surface area contributed by atoms with Gasteiger partial charge in [0.05, 0.1) is 6.04 Å². The number of alkyl halides is 3. The zero-order chi connectivity index (χ0) is 14.9. The Bertz CT molecular complexity index is 542. The number of rotatable bonds is 2. The molecule has 4 nitrogen and oxygen atoms in total. The van der Waals surface area contributed by atoms with Gasteiger partial charge in [0.2, 0.25) is 0 Å². The van der Waals surface area contributed by atoms with Crippen LogP contribution in [0, 0.1) is 0 Å². The summed E-state index contributed by atoms with van der Waals surface area (Å²) in [5.74, 6) is -2.65. The fourth-order valence-corrected chi connectivity index (χ4v) is 2.28. The number of amides is 1. The van der Waals surface area contributed by atoms with E-state index in [0.717, 1.165) is 5.56 Å². The Morgan fingerprint density at radius 1 is 1.30 bits per heavy atom. The van der Waals surface area contributed by atoms with Crippen LogP contribution in [0.5, 0.6) is 0 Å². The first kappa shape index (κ1) is 14.4. The van der Waals surface area contributed by atoms with Crippen LogP contribution in [0.3, 0.4) is 0 Å². The molecule has 0 bridgehead atoms. The molecule has 1 aromatic carbocycles. The minimum absolute atomic E-state index is 0.276. The molecule has 0 fully saturated rings. The van der Waals surface area contributed by atoms with Gasteiger partial charge in [-0.1, -0.05) is 24.3 Å². The number of hydrogen-bond donors (Lipinski definition) is 1. The molecule has 0 heterocycles. The molecular formula is C13H12F3NO3. The molecule has 1 aliphatic rings. The summed E-state index contributed by atoms with van der Waals surface area (Å²) >= 11 is 0. The highest BCUT2D eigenvalue weighted by atomic mass is 19.4. The fourth-order valence-electron chi connectivity index (χ4n) is 2.28. The predicted octanol–water partition coefficient (Wildman–Crippen LogP) is 1.89. The predicted molar refractivity (Wildman–Crippen MR) is 62.6 cm³/mol. The number of carbonyl (C=O) groups is 2. The van der Waals surface area contributed by atoms with Crippen molar-refractivity contribution in [3.05, 3.63) is 35.4 Å². The zero-order valence-corrected chi connectivity index (χ0v) is 10.5. The van der Waals surface area contributed by atoms with Crippen molar-refractivity contribution in [3.8, 4) is 0 Å². The molecule has 0 saturated carbocycles. The van der Waals surface area contributed by atoms with Crippen molar-refractivity contribution in [2.45, 2.75) is 31.7 Å². The Balaban J connectivity index is 2.25. The summed E-state index contributed by atoms with van der Waals surface area (Å²) < 4.78 is 42.0. The van der Waals surface area contributed by atoms with Crippen LogP contribution in [-0.4, -0.2) is 24.2 Å². The van der Waals surface area contributed by atoms with Crippen LogP contribution < -0.4 is 5.32 Å². The highest BCUT2D eigenvalue weighted by molar-refractivity contribution is 5.82. The molecule has 2 rings (SSSR count). The van der Waals surface area contributed by atoms with Crippen molar-refractivity contribution in [3.63, 3.8) is 0 Å². The third kappa shape index (κ3) is 2.92. The van der Waals surface area contributed by atoms with Crippen molar-refractivity contribution in [1.29, 1.82) is 0 Å². The van der Waals surface area contributed by atoms with Gasteiger partial charge in [0.25, 0.3) is 0 Å². The first-order valence-corrected chi connectivity index (χ1v) is 5.91. The van der Waals surface area contributed by atoms with Crippen LogP contribution in [0.1, 0.15) is 24.1 Å². The van der Waals surface area contributed by atoms with Gasteiger partial charge in [-0.2, -0.15) is 13.2 Å². The van der Waals surface area contributed by atoms with Crippen molar-refractivity contribution in [1.82, 2.24) is 5.32 Å². The molecule has 108 valence electrons. The number of esters is 1. The van der Waals surface area contributed by atoms with Crippen LogP contribution in [-0.2, 0) is 20.7 Å². The maximum Gasteiger partial charge on any atom is 0.471 e. The Labute approximate surface area is 112 Å². The molecular weight excluding hydrogens is 275 g/mol. The van der Waals surface area contributed by atoms with Crippen LogP contribution >= 0.6 is 0 Å². The normalized spacial score (nSPS) is 21.2. The largest absolute Gasteiger partial charge is 0.471 e. The maximum atomic E-state index is 12.3. The fraction of sp³-hybridized carbons (Fsp3) is 0.385. The van der Waals surface area contributed by atoms with E-state index in [0.29, 0.717) is 5.56 Å². The van der Waals surface area contributed by atoms with E-state index in [1.165, 1.54) is 6.92 Å². The Morgan fingerprint density at radius 2 is 1.95 bits per heavy atom. The number of carbonyl (C=O) groups excluding carboxylic acids is 2. The summed E-state index contributed by atoms with van der Waals surface area (Å²) in [4.78, 5) is 22.1. The van der Waals surface area contributed by atoms with E-state index in [2.05, 4.69) is 0 Å². The molecule has 1 amide bonds. The molecule has 1 aromatic rings. The molecule has 2 atom stereocenters. The number of fused-ring (bicyclic) bond motifs is 1. The average molecular weight is 287 g/mol. The third-order valence-corrected chi connectivity index (χ3v) is 3.04. The summed E-state index contributed by atoms with van der Waals surface area (Å²) in [7, 11) is 0. The molecule has 0 aliphatic heterocycles. The van der Waals surface area contributed by atoms with Crippen LogP contribution in [0.25, 0.3) is 0 Å². The average Bonchev–Trinajstić information content (AvgIpc) is 2.65. The highest BCUT2D eigenvalue weighted by Crippen LogP contribution is 2.34. The lowest BCUT2D eigenvalue weighted by Gasteiger charge is -2.22. The monoisotopic (exact) mass is 287 g/mol. The molecule has 0 radical (unpaired) electrons. The van der Waals surface area contributed by atoms with E-state index in [1.54, 1.807) is 24.3 Å². The van der Waals surface area contributed by atoms with Gasteiger partial charge in [0.1, 0.15) is 6.10 Å². The van der Waals surface area contributed by atoms with Crippen molar-refractivity contribution in [2.24, 2.45) is 0 Å². The number of hydrogen-bond acceptors (Lipinski definition) is 3. The molecule has 2 unspecified atom stereocenters. The van der Waals surface area contributed by atoms with E-state index in [-0.39, 0.29) is 6.42 Å². The van der Waals surface area contributed by atoms with E-state index in [4.69, 9.17) is 4.74 Å². The number of halogens is 3. The minimum atomic E-state index is -4.97. The van der Waals surface area contributed by atoms with Gasteiger partial charge >= 0.3 is 18.1 Å². The van der Waals surface area contributed by atoms with Gasteiger partial charge in [-0.15, -0.1) is 0 Å². The summed E-state index contributed by atoms with van der Waals surface area (Å²) in [6.07, 6.45) is -5.52.